The van der Waals surface area contributed by atoms with Gasteiger partial charge in [0.15, 0.2) is 0 Å². The molecule has 0 saturated heterocycles. The molecule has 0 aromatic heterocycles. The average molecular weight is 228 g/mol. The summed E-state index contributed by atoms with van der Waals surface area (Å²) in [6.07, 6.45) is 3.41. The molecule has 1 unspecified atom stereocenters. The number of carbonyl (C=O) groups is 2. The lowest BCUT2D eigenvalue weighted by Crippen LogP contribution is -2.14. The van der Waals surface area contributed by atoms with Crippen molar-refractivity contribution in [1.29, 1.82) is 0 Å². The normalized spacial score (nSPS) is 14.5. The van der Waals surface area contributed by atoms with Crippen LogP contribution in [0.5, 0.6) is 0 Å². The molecule has 0 aromatic carbocycles. The van der Waals surface area contributed by atoms with Crippen LogP contribution in [0.4, 0.5) is 0 Å². The minimum absolute atomic E-state index is 0.136. The quantitative estimate of drug-likeness (QED) is 0.516. The molecule has 92 valence electrons. The van der Waals surface area contributed by atoms with Crippen LogP contribution in [0.2, 0.25) is 0 Å². The van der Waals surface area contributed by atoms with Gasteiger partial charge in [-0.05, 0) is 26.7 Å². The van der Waals surface area contributed by atoms with E-state index in [-0.39, 0.29) is 12.2 Å². The van der Waals surface area contributed by atoms with Gasteiger partial charge in [-0.1, -0.05) is 13.8 Å². The third-order valence-electron chi connectivity index (χ3n) is 2.14. The van der Waals surface area contributed by atoms with Gasteiger partial charge in [0.25, 0.3) is 0 Å². The van der Waals surface area contributed by atoms with Gasteiger partial charge in [-0.2, -0.15) is 0 Å². The Kier molecular flexibility index (Phi) is 7.25. The third-order valence-corrected chi connectivity index (χ3v) is 2.14. The lowest BCUT2D eigenvalue weighted by Gasteiger charge is -2.09. The molecular weight excluding hydrogens is 208 g/mol. The first kappa shape index (κ1) is 14.7. The molecule has 0 aromatic rings. The number of hydrogen-bond acceptors (Lipinski definition) is 4. The van der Waals surface area contributed by atoms with Gasteiger partial charge in [-0.3, -0.25) is 0 Å². The molecule has 0 aliphatic rings. The molecule has 0 rings (SSSR count). The zero-order chi connectivity index (χ0) is 12.6. The maximum absolute atomic E-state index is 11.2. The number of carbonyl (C=O) groups excluding carboxylic acids is 2. The van der Waals surface area contributed by atoms with Crippen molar-refractivity contribution in [1.82, 2.24) is 0 Å². The van der Waals surface area contributed by atoms with Gasteiger partial charge in [-0.15, -0.1) is 0 Å². The van der Waals surface area contributed by atoms with E-state index in [4.69, 9.17) is 9.47 Å². The van der Waals surface area contributed by atoms with Crippen LogP contribution < -0.4 is 0 Å². The van der Waals surface area contributed by atoms with E-state index in [1.54, 1.807) is 13.8 Å². The van der Waals surface area contributed by atoms with Crippen molar-refractivity contribution in [2.45, 2.75) is 52.7 Å². The lowest BCUT2D eigenvalue weighted by atomic mass is 10.3. The van der Waals surface area contributed by atoms with E-state index in [0.29, 0.717) is 0 Å². The molecule has 4 heteroatoms. The minimum Gasteiger partial charge on any atom is -0.460 e. The summed E-state index contributed by atoms with van der Waals surface area (Å²) in [5.74, 6) is -1.04. The molecule has 0 amide bonds. The smallest absolute Gasteiger partial charge is 0.331 e. The van der Waals surface area contributed by atoms with Gasteiger partial charge in [0, 0.05) is 12.2 Å². The largest absolute Gasteiger partial charge is 0.460 e. The Morgan fingerprint density at radius 3 is 1.50 bits per heavy atom. The van der Waals surface area contributed by atoms with Crippen molar-refractivity contribution in [2.24, 2.45) is 0 Å². The molecule has 0 spiro atoms. The van der Waals surface area contributed by atoms with E-state index in [2.05, 4.69) is 0 Å². The number of hydrogen-bond donors (Lipinski definition) is 0. The summed E-state index contributed by atoms with van der Waals surface area (Å²) in [5.41, 5.74) is 0. The Balaban J connectivity index is 3.98. The Labute approximate surface area is 96.6 Å². The van der Waals surface area contributed by atoms with Gasteiger partial charge < -0.3 is 9.47 Å². The van der Waals surface area contributed by atoms with Crippen LogP contribution in [0.15, 0.2) is 12.2 Å². The van der Waals surface area contributed by atoms with E-state index in [1.165, 1.54) is 0 Å². The van der Waals surface area contributed by atoms with Crippen molar-refractivity contribution < 1.29 is 19.1 Å². The van der Waals surface area contributed by atoms with Crippen LogP contribution in [-0.4, -0.2) is 24.1 Å². The molecule has 0 aliphatic carbocycles. The van der Waals surface area contributed by atoms with Gasteiger partial charge in [0.2, 0.25) is 0 Å². The summed E-state index contributed by atoms with van der Waals surface area (Å²) in [7, 11) is 0. The van der Waals surface area contributed by atoms with E-state index in [1.807, 2.05) is 13.8 Å². The fourth-order valence-corrected chi connectivity index (χ4v) is 0.778. The zero-order valence-electron chi connectivity index (χ0n) is 10.4. The summed E-state index contributed by atoms with van der Waals surface area (Å²) in [6.45, 7) is 7.42. The first-order valence-electron chi connectivity index (χ1n) is 5.58. The standard InChI is InChI=1S/C12H20O4/c1-5-9(3)15-11(13)7-8-12(14)16-10(4)6-2/h7-10H,5-6H2,1-4H3/t9-,10?/m1/s1. The van der Waals surface area contributed by atoms with Gasteiger partial charge in [0.1, 0.15) is 0 Å². The summed E-state index contributed by atoms with van der Waals surface area (Å²) in [5, 5.41) is 0. The topological polar surface area (TPSA) is 52.6 Å². The van der Waals surface area contributed by atoms with E-state index >= 15 is 0 Å². The second-order valence-corrected chi connectivity index (χ2v) is 3.64. The SMILES string of the molecule is CCC(C)OC(=O)C=CC(=O)O[C@H](C)CC. The van der Waals surface area contributed by atoms with Gasteiger partial charge in [0.05, 0.1) is 12.2 Å². The molecule has 0 fully saturated rings. The first-order chi connectivity index (χ1) is 7.49. The summed E-state index contributed by atoms with van der Waals surface area (Å²) in [4.78, 5) is 22.3. The zero-order valence-corrected chi connectivity index (χ0v) is 10.4. The molecule has 16 heavy (non-hydrogen) atoms. The summed E-state index contributed by atoms with van der Waals surface area (Å²) in [6, 6.07) is 0. The van der Waals surface area contributed by atoms with Crippen molar-refractivity contribution in [3.63, 3.8) is 0 Å². The lowest BCUT2D eigenvalue weighted by molar-refractivity contribution is -0.145. The Hall–Kier alpha value is -1.32. The third kappa shape index (κ3) is 7.04. The highest BCUT2D eigenvalue weighted by atomic mass is 16.5. The van der Waals surface area contributed by atoms with Gasteiger partial charge in [-0.25, -0.2) is 9.59 Å². The molecule has 0 aliphatic heterocycles. The van der Waals surface area contributed by atoms with Crippen LogP contribution in [-0.2, 0) is 19.1 Å². The van der Waals surface area contributed by atoms with Crippen LogP contribution in [0.3, 0.4) is 0 Å². The van der Waals surface area contributed by atoms with E-state index in [0.717, 1.165) is 25.0 Å². The fraction of sp³-hybridized carbons (Fsp3) is 0.667. The molecule has 0 heterocycles. The van der Waals surface area contributed by atoms with Crippen LogP contribution in [0.1, 0.15) is 40.5 Å². The van der Waals surface area contributed by atoms with Crippen LogP contribution >= 0.6 is 0 Å². The number of ether oxygens (including phenoxy) is 2. The predicted octanol–water partition coefficient (Wildman–Crippen LogP) is 2.23. The van der Waals surface area contributed by atoms with Crippen LogP contribution in [0.25, 0.3) is 0 Å². The molecule has 0 N–H and O–H groups in total. The van der Waals surface area contributed by atoms with Gasteiger partial charge >= 0.3 is 11.9 Å². The van der Waals surface area contributed by atoms with E-state index in [9.17, 15) is 9.59 Å². The highest BCUT2D eigenvalue weighted by molar-refractivity contribution is 5.91. The first-order valence-corrected chi connectivity index (χ1v) is 5.58. The van der Waals surface area contributed by atoms with E-state index < -0.39 is 11.9 Å². The predicted molar refractivity (Wildman–Crippen MR) is 60.8 cm³/mol. The Morgan fingerprint density at radius 1 is 0.938 bits per heavy atom. The highest BCUT2D eigenvalue weighted by Gasteiger charge is 2.07. The second-order valence-electron chi connectivity index (χ2n) is 3.64. The Bertz CT molecular complexity index is 232. The van der Waals surface area contributed by atoms with Crippen molar-refractivity contribution in [3.05, 3.63) is 12.2 Å². The van der Waals surface area contributed by atoms with Crippen molar-refractivity contribution >= 4 is 11.9 Å². The second kappa shape index (κ2) is 7.91. The minimum atomic E-state index is -0.518. The summed E-state index contributed by atoms with van der Waals surface area (Å²) < 4.78 is 9.90. The number of rotatable bonds is 6. The highest BCUT2D eigenvalue weighted by Crippen LogP contribution is 1.99. The molecule has 2 atom stereocenters. The number of esters is 2. The Morgan fingerprint density at radius 2 is 1.25 bits per heavy atom. The maximum atomic E-state index is 11.2. The molecular formula is C12H20O4. The van der Waals surface area contributed by atoms with Crippen LogP contribution in [0, 0.1) is 0 Å². The molecule has 0 saturated carbocycles. The molecule has 0 bridgehead atoms. The average Bonchev–Trinajstić information content (AvgIpc) is 2.26. The molecule has 4 nitrogen and oxygen atoms in total. The van der Waals surface area contributed by atoms with Crippen molar-refractivity contribution in [2.75, 3.05) is 0 Å². The fourth-order valence-electron chi connectivity index (χ4n) is 0.778. The molecule has 0 radical (unpaired) electrons. The summed E-state index contributed by atoms with van der Waals surface area (Å²) >= 11 is 0. The maximum Gasteiger partial charge on any atom is 0.331 e. The van der Waals surface area contributed by atoms with Crippen molar-refractivity contribution in [3.8, 4) is 0 Å². The monoisotopic (exact) mass is 228 g/mol.